The molecule has 2 rings (SSSR count). The second-order valence-corrected chi connectivity index (χ2v) is 3.96. The summed E-state index contributed by atoms with van der Waals surface area (Å²) in [6, 6.07) is 7.91. The molecule has 0 saturated heterocycles. The fraction of sp³-hybridized carbons (Fsp3) is 0.417. The monoisotopic (exact) mass is 190 g/mol. The smallest absolute Gasteiger partial charge is 0.310 e. The van der Waals surface area contributed by atoms with Gasteiger partial charge in [0.05, 0.1) is 5.92 Å². The maximum Gasteiger partial charge on any atom is 0.310 e. The molecule has 1 unspecified atom stereocenters. The molecule has 14 heavy (non-hydrogen) atoms. The lowest BCUT2D eigenvalue weighted by Crippen LogP contribution is -2.09. The molecule has 2 heteroatoms. The van der Waals surface area contributed by atoms with Crippen LogP contribution in [0, 0.1) is 0 Å². The minimum absolute atomic E-state index is 0.383. The summed E-state index contributed by atoms with van der Waals surface area (Å²) in [5.41, 5.74) is 2.23. The topological polar surface area (TPSA) is 37.3 Å². The first-order chi connectivity index (χ1) is 6.70. The summed E-state index contributed by atoms with van der Waals surface area (Å²) in [5, 5.41) is 8.96. The third-order valence-electron chi connectivity index (χ3n) is 2.85. The second-order valence-electron chi connectivity index (χ2n) is 3.96. The zero-order valence-electron chi connectivity index (χ0n) is 8.23. The van der Waals surface area contributed by atoms with E-state index in [9.17, 15) is 4.79 Å². The first kappa shape index (κ1) is 9.25. The summed E-state index contributed by atoms with van der Waals surface area (Å²) >= 11 is 0. The quantitative estimate of drug-likeness (QED) is 0.795. The molecular formula is C12H14O2. The van der Waals surface area contributed by atoms with Gasteiger partial charge in [0.25, 0.3) is 0 Å². The van der Waals surface area contributed by atoms with Crippen molar-refractivity contribution < 1.29 is 9.90 Å². The summed E-state index contributed by atoms with van der Waals surface area (Å²) in [7, 11) is 0. The van der Waals surface area contributed by atoms with Crippen LogP contribution in [0.1, 0.15) is 42.7 Å². The molecule has 1 aliphatic carbocycles. The zero-order valence-corrected chi connectivity index (χ0v) is 8.23. The van der Waals surface area contributed by atoms with Crippen LogP contribution in [0.5, 0.6) is 0 Å². The average molecular weight is 190 g/mol. The number of aliphatic carboxylic acids is 1. The molecule has 1 saturated carbocycles. The van der Waals surface area contributed by atoms with Gasteiger partial charge < -0.3 is 5.11 Å². The largest absolute Gasteiger partial charge is 0.481 e. The summed E-state index contributed by atoms with van der Waals surface area (Å²) < 4.78 is 0. The van der Waals surface area contributed by atoms with E-state index >= 15 is 0 Å². The van der Waals surface area contributed by atoms with Crippen LogP contribution in [0.2, 0.25) is 0 Å². The van der Waals surface area contributed by atoms with E-state index in [4.69, 9.17) is 5.11 Å². The highest BCUT2D eigenvalue weighted by atomic mass is 16.4. The number of benzene rings is 1. The highest BCUT2D eigenvalue weighted by Gasteiger charge is 2.28. The Morgan fingerprint density at radius 1 is 1.43 bits per heavy atom. The number of hydrogen-bond donors (Lipinski definition) is 1. The molecule has 1 aromatic carbocycles. The van der Waals surface area contributed by atoms with Gasteiger partial charge in [-0.2, -0.15) is 0 Å². The molecule has 1 atom stereocenters. The Morgan fingerprint density at radius 3 is 2.64 bits per heavy atom. The van der Waals surface area contributed by atoms with Gasteiger partial charge in [-0.25, -0.2) is 0 Å². The molecule has 1 N–H and O–H groups in total. The number of rotatable bonds is 3. The van der Waals surface area contributed by atoms with Crippen LogP contribution in [0.4, 0.5) is 0 Å². The molecule has 1 fully saturated rings. The van der Waals surface area contributed by atoms with E-state index < -0.39 is 5.97 Å². The van der Waals surface area contributed by atoms with Crippen LogP contribution in [-0.2, 0) is 4.79 Å². The Labute approximate surface area is 83.6 Å². The van der Waals surface area contributed by atoms with Crippen molar-refractivity contribution in [3.63, 3.8) is 0 Å². The molecule has 2 nitrogen and oxygen atoms in total. The Balaban J connectivity index is 2.35. The molecule has 0 aromatic heterocycles. The van der Waals surface area contributed by atoms with E-state index in [1.54, 1.807) is 6.92 Å². The van der Waals surface area contributed by atoms with E-state index in [0.717, 1.165) is 5.56 Å². The van der Waals surface area contributed by atoms with Crippen LogP contribution in [-0.4, -0.2) is 11.1 Å². The third-order valence-corrected chi connectivity index (χ3v) is 2.85. The van der Waals surface area contributed by atoms with Crippen molar-refractivity contribution in [1.82, 2.24) is 0 Å². The standard InChI is InChI=1S/C12H14O2/c1-8(12(13)14)10-4-2-3-5-11(10)9-6-7-9/h2-5,8-9H,6-7H2,1H3,(H,13,14). The minimum Gasteiger partial charge on any atom is -0.481 e. The van der Waals surface area contributed by atoms with Crippen molar-refractivity contribution in [1.29, 1.82) is 0 Å². The summed E-state index contributed by atoms with van der Waals surface area (Å²) in [6.45, 7) is 1.75. The van der Waals surface area contributed by atoms with Crippen LogP contribution < -0.4 is 0 Å². The molecule has 0 radical (unpaired) electrons. The second kappa shape index (κ2) is 3.45. The van der Waals surface area contributed by atoms with Gasteiger partial charge in [0, 0.05) is 0 Å². The van der Waals surface area contributed by atoms with E-state index in [2.05, 4.69) is 6.07 Å². The number of carboxylic acids is 1. The van der Waals surface area contributed by atoms with Crippen LogP contribution in [0.25, 0.3) is 0 Å². The fourth-order valence-corrected chi connectivity index (χ4v) is 1.80. The molecule has 0 bridgehead atoms. The highest BCUT2D eigenvalue weighted by molar-refractivity contribution is 5.76. The van der Waals surface area contributed by atoms with Gasteiger partial charge in [-0.15, -0.1) is 0 Å². The zero-order chi connectivity index (χ0) is 10.1. The predicted octanol–water partition coefficient (Wildman–Crippen LogP) is 2.75. The maximum absolute atomic E-state index is 10.9. The number of carboxylic acid groups (broad SMARTS) is 1. The van der Waals surface area contributed by atoms with Gasteiger partial charge in [0.15, 0.2) is 0 Å². The van der Waals surface area contributed by atoms with Gasteiger partial charge in [0.2, 0.25) is 0 Å². The minimum atomic E-state index is -0.738. The van der Waals surface area contributed by atoms with E-state index in [0.29, 0.717) is 5.92 Å². The SMILES string of the molecule is CC(C(=O)O)c1ccccc1C1CC1. The van der Waals surface area contributed by atoms with Crippen LogP contribution in [0.3, 0.4) is 0 Å². The summed E-state index contributed by atoms with van der Waals surface area (Å²) in [5.74, 6) is -0.502. The van der Waals surface area contributed by atoms with Gasteiger partial charge in [-0.05, 0) is 36.8 Å². The van der Waals surface area contributed by atoms with Crippen molar-refractivity contribution in [2.75, 3.05) is 0 Å². The molecule has 0 aliphatic heterocycles. The van der Waals surface area contributed by atoms with Crippen molar-refractivity contribution in [3.8, 4) is 0 Å². The number of carbonyl (C=O) groups is 1. The van der Waals surface area contributed by atoms with Gasteiger partial charge in [-0.1, -0.05) is 24.3 Å². The van der Waals surface area contributed by atoms with Gasteiger partial charge >= 0.3 is 5.97 Å². The Bertz CT molecular complexity index is 353. The molecule has 74 valence electrons. The fourth-order valence-electron chi connectivity index (χ4n) is 1.80. The van der Waals surface area contributed by atoms with E-state index in [1.807, 2.05) is 18.2 Å². The van der Waals surface area contributed by atoms with E-state index in [1.165, 1.54) is 18.4 Å². The highest BCUT2D eigenvalue weighted by Crippen LogP contribution is 2.43. The van der Waals surface area contributed by atoms with Crippen molar-refractivity contribution in [2.45, 2.75) is 31.6 Å². The van der Waals surface area contributed by atoms with Crippen LogP contribution in [0.15, 0.2) is 24.3 Å². The average Bonchev–Trinajstić information content (AvgIpc) is 3.00. The summed E-state index contributed by atoms with van der Waals surface area (Å²) in [4.78, 5) is 10.9. The van der Waals surface area contributed by atoms with Gasteiger partial charge in [-0.3, -0.25) is 4.79 Å². The van der Waals surface area contributed by atoms with Crippen molar-refractivity contribution >= 4 is 5.97 Å². The normalized spacial score (nSPS) is 17.8. The van der Waals surface area contributed by atoms with Crippen LogP contribution >= 0.6 is 0 Å². The molecule has 0 spiro atoms. The first-order valence-corrected chi connectivity index (χ1v) is 5.01. The summed E-state index contributed by atoms with van der Waals surface area (Å²) in [6.07, 6.45) is 2.42. The lowest BCUT2D eigenvalue weighted by atomic mass is 9.93. The molecular weight excluding hydrogens is 176 g/mol. The van der Waals surface area contributed by atoms with Gasteiger partial charge in [0.1, 0.15) is 0 Å². The molecule has 1 aliphatic rings. The van der Waals surface area contributed by atoms with Crippen molar-refractivity contribution in [2.24, 2.45) is 0 Å². The third kappa shape index (κ3) is 1.65. The lowest BCUT2D eigenvalue weighted by molar-refractivity contribution is -0.138. The molecule has 1 aromatic rings. The Morgan fingerprint density at radius 2 is 2.07 bits per heavy atom. The Kier molecular flexibility index (Phi) is 2.28. The number of hydrogen-bond acceptors (Lipinski definition) is 1. The Hall–Kier alpha value is -1.31. The first-order valence-electron chi connectivity index (χ1n) is 5.01. The van der Waals surface area contributed by atoms with E-state index in [-0.39, 0.29) is 5.92 Å². The molecule has 0 amide bonds. The maximum atomic E-state index is 10.9. The molecule has 0 heterocycles. The van der Waals surface area contributed by atoms with Crippen molar-refractivity contribution in [3.05, 3.63) is 35.4 Å². The predicted molar refractivity (Wildman–Crippen MR) is 54.5 cm³/mol. The lowest BCUT2D eigenvalue weighted by Gasteiger charge is -2.11.